The van der Waals surface area contributed by atoms with Gasteiger partial charge in [0.1, 0.15) is 17.5 Å². The molecule has 0 spiro atoms. The van der Waals surface area contributed by atoms with Crippen molar-refractivity contribution in [1.82, 2.24) is 10.6 Å². The van der Waals surface area contributed by atoms with Crippen LogP contribution < -0.4 is 15.4 Å². The van der Waals surface area contributed by atoms with Crippen molar-refractivity contribution in [2.75, 3.05) is 26.4 Å². The van der Waals surface area contributed by atoms with Crippen LogP contribution >= 0.6 is 0 Å². The molecule has 2 aliphatic heterocycles. The highest BCUT2D eigenvalue weighted by molar-refractivity contribution is 5.96. The zero-order valence-corrected chi connectivity index (χ0v) is 18.7. The quantitative estimate of drug-likeness (QED) is 0.326. The van der Waals surface area contributed by atoms with Gasteiger partial charge in [-0.3, -0.25) is 14.4 Å². The number of benzene rings is 1. The maximum absolute atomic E-state index is 13.0. The van der Waals surface area contributed by atoms with Gasteiger partial charge < -0.3 is 35.4 Å². The third-order valence-electron chi connectivity index (χ3n) is 6.48. The van der Waals surface area contributed by atoms with E-state index in [2.05, 4.69) is 10.6 Å². The van der Waals surface area contributed by atoms with Crippen LogP contribution in [-0.2, 0) is 25.5 Å². The summed E-state index contributed by atoms with van der Waals surface area (Å²) in [6.07, 6.45) is 0.802. The molecule has 0 bridgehead atoms. The maximum atomic E-state index is 13.0. The molecule has 32 heavy (non-hydrogen) atoms. The van der Waals surface area contributed by atoms with Crippen LogP contribution in [0.5, 0.6) is 11.5 Å². The molecule has 1 aromatic rings. The predicted octanol–water partition coefficient (Wildman–Crippen LogP) is -0.675. The number of nitrogens with one attached hydrogen (secondary N) is 2. The number of aromatic hydroxyl groups is 1. The van der Waals surface area contributed by atoms with Crippen molar-refractivity contribution < 1.29 is 39.2 Å². The number of phenolic OH excluding ortho intramolecular Hbond substituents is 1. The Morgan fingerprint density at radius 2 is 1.78 bits per heavy atom. The molecular weight excluding hydrogens is 420 g/mol. The minimum absolute atomic E-state index is 0.0890. The molecular formula is C22H30N2O8. The third kappa shape index (κ3) is 4.17. The number of rotatable bonds is 8. The van der Waals surface area contributed by atoms with Crippen molar-refractivity contribution in [3.05, 3.63) is 22.3 Å². The molecule has 0 saturated carbocycles. The van der Waals surface area contributed by atoms with E-state index >= 15 is 0 Å². The van der Waals surface area contributed by atoms with E-state index in [0.717, 1.165) is 11.1 Å². The smallest absolute Gasteiger partial charge is 0.264 e. The van der Waals surface area contributed by atoms with Gasteiger partial charge >= 0.3 is 0 Å². The first-order valence-corrected chi connectivity index (χ1v) is 10.5. The van der Waals surface area contributed by atoms with E-state index in [0.29, 0.717) is 29.7 Å². The highest BCUT2D eigenvalue weighted by Crippen LogP contribution is 2.43. The second-order valence-electron chi connectivity index (χ2n) is 8.65. The molecule has 1 fully saturated rings. The monoisotopic (exact) mass is 450 g/mol. The number of epoxide rings is 1. The van der Waals surface area contributed by atoms with Crippen molar-refractivity contribution in [1.29, 1.82) is 0 Å². The van der Waals surface area contributed by atoms with E-state index < -0.39 is 54.6 Å². The Morgan fingerprint density at radius 1 is 1.12 bits per heavy atom. The molecule has 2 amide bonds. The predicted molar refractivity (Wildman–Crippen MR) is 112 cm³/mol. The van der Waals surface area contributed by atoms with Crippen LogP contribution in [0.25, 0.3) is 0 Å². The number of carbonyl (C=O) groups is 3. The third-order valence-corrected chi connectivity index (χ3v) is 6.48. The van der Waals surface area contributed by atoms with Gasteiger partial charge in [0.2, 0.25) is 5.91 Å². The van der Waals surface area contributed by atoms with Crippen molar-refractivity contribution in [2.24, 2.45) is 0 Å². The molecule has 0 aliphatic carbocycles. The van der Waals surface area contributed by atoms with Crippen LogP contribution in [0.1, 0.15) is 35.6 Å². The van der Waals surface area contributed by atoms with Crippen molar-refractivity contribution in [2.45, 2.75) is 57.8 Å². The molecule has 2 heterocycles. The number of aliphatic hydroxyl groups excluding tert-OH is 2. The second-order valence-corrected chi connectivity index (χ2v) is 8.65. The van der Waals surface area contributed by atoms with Crippen LogP contribution in [0.15, 0.2) is 0 Å². The first kappa shape index (κ1) is 24.0. The molecule has 2 unspecified atom stereocenters. The van der Waals surface area contributed by atoms with Crippen LogP contribution in [0.3, 0.4) is 0 Å². The minimum Gasteiger partial charge on any atom is -0.507 e. The van der Waals surface area contributed by atoms with Crippen LogP contribution in [0, 0.1) is 20.8 Å². The number of fused-ring (bicyclic) bond motifs is 1. The number of hydrogen-bond acceptors (Lipinski definition) is 8. The van der Waals surface area contributed by atoms with Gasteiger partial charge in [-0.05, 0) is 50.8 Å². The number of phenols is 1. The molecule has 2 aliphatic rings. The van der Waals surface area contributed by atoms with Crippen LogP contribution in [0.4, 0.5) is 0 Å². The zero-order chi connectivity index (χ0) is 23.8. The summed E-state index contributed by atoms with van der Waals surface area (Å²) >= 11 is 0. The first-order chi connectivity index (χ1) is 15.0. The van der Waals surface area contributed by atoms with E-state index in [1.807, 2.05) is 0 Å². The fraction of sp³-hybridized carbons (Fsp3) is 0.591. The SMILES string of the molecule is Cc1c(C)c2c(c(C)c1O)CCC(C)(C(=O)N[C@@H](CO)C(=O)NCC(=O)C1(CO)CO1)O2. The topological polar surface area (TPSA) is 158 Å². The lowest BCUT2D eigenvalue weighted by molar-refractivity contribution is -0.141. The molecule has 10 heteroatoms. The lowest BCUT2D eigenvalue weighted by Gasteiger charge is -2.37. The van der Waals surface area contributed by atoms with Crippen LogP contribution in [0.2, 0.25) is 0 Å². The zero-order valence-electron chi connectivity index (χ0n) is 18.7. The van der Waals surface area contributed by atoms with Gasteiger partial charge in [0, 0.05) is 12.0 Å². The fourth-order valence-corrected chi connectivity index (χ4v) is 3.79. The summed E-state index contributed by atoms with van der Waals surface area (Å²) in [5.74, 6) is -1.06. The fourth-order valence-electron chi connectivity index (χ4n) is 3.79. The van der Waals surface area contributed by atoms with Gasteiger partial charge in [-0.15, -0.1) is 0 Å². The first-order valence-electron chi connectivity index (χ1n) is 10.5. The lowest BCUT2D eigenvalue weighted by Crippen LogP contribution is -2.58. The normalized spacial score (nSPS) is 24.7. The molecule has 5 N–H and O–H groups in total. The Balaban J connectivity index is 1.67. The molecule has 1 aromatic carbocycles. The van der Waals surface area contributed by atoms with Crippen molar-refractivity contribution in [3.63, 3.8) is 0 Å². The van der Waals surface area contributed by atoms with E-state index in [9.17, 15) is 29.7 Å². The molecule has 0 radical (unpaired) electrons. The molecule has 10 nitrogen and oxygen atoms in total. The summed E-state index contributed by atoms with van der Waals surface area (Å²) < 4.78 is 11.0. The number of ketones is 1. The number of ether oxygens (including phenoxy) is 2. The van der Waals surface area contributed by atoms with Gasteiger partial charge in [-0.25, -0.2) is 0 Å². The molecule has 3 atom stereocenters. The van der Waals surface area contributed by atoms with E-state index in [4.69, 9.17) is 9.47 Å². The van der Waals surface area contributed by atoms with Crippen molar-refractivity contribution in [3.8, 4) is 11.5 Å². The summed E-state index contributed by atoms with van der Waals surface area (Å²) in [5, 5.41) is 34.0. The average molecular weight is 450 g/mol. The summed E-state index contributed by atoms with van der Waals surface area (Å²) in [7, 11) is 0. The number of hydrogen-bond donors (Lipinski definition) is 5. The Kier molecular flexibility index (Phi) is 6.50. The lowest BCUT2D eigenvalue weighted by atomic mass is 9.86. The summed E-state index contributed by atoms with van der Waals surface area (Å²) in [6, 6.07) is -1.29. The van der Waals surface area contributed by atoms with Crippen LogP contribution in [-0.4, -0.2) is 76.5 Å². The minimum atomic E-state index is -1.29. The van der Waals surface area contributed by atoms with Gasteiger partial charge in [-0.1, -0.05) is 0 Å². The van der Waals surface area contributed by atoms with Gasteiger partial charge in [-0.2, -0.15) is 0 Å². The second kappa shape index (κ2) is 8.68. The summed E-state index contributed by atoms with van der Waals surface area (Å²) in [6.45, 7) is 5.52. The Hall–Kier alpha value is -2.69. The largest absolute Gasteiger partial charge is 0.507 e. The number of Topliss-reactive ketones (excluding diaryl/α,β-unsaturated/α-hetero) is 1. The van der Waals surface area contributed by atoms with E-state index in [-0.39, 0.29) is 12.4 Å². The molecule has 3 rings (SSSR count). The van der Waals surface area contributed by atoms with Gasteiger partial charge in [0.15, 0.2) is 17.0 Å². The summed E-state index contributed by atoms with van der Waals surface area (Å²) in [4.78, 5) is 37.4. The van der Waals surface area contributed by atoms with Crippen molar-refractivity contribution >= 4 is 17.6 Å². The number of aliphatic hydroxyl groups is 2. The highest BCUT2D eigenvalue weighted by Gasteiger charge is 2.51. The molecule has 176 valence electrons. The average Bonchev–Trinajstić information content (AvgIpc) is 3.59. The maximum Gasteiger partial charge on any atom is 0.264 e. The van der Waals surface area contributed by atoms with E-state index in [1.54, 1.807) is 27.7 Å². The summed E-state index contributed by atoms with van der Waals surface area (Å²) in [5.41, 5.74) is 0.402. The Morgan fingerprint density at radius 3 is 2.34 bits per heavy atom. The molecule has 0 aromatic heterocycles. The van der Waals surface area contributed by atoms with Gasteiger partial charge in [0.25, 0.3) is 5.91 Å². The van der Waals surface area contributed by atoms with Gasteiger partial charge in [0.05, 0.1) is 26.4 Å². The van der Waals surface area contributed by atoms with E-state index in [1.165, 1.54) is 0 Å². The highest BCUT2D eigenvalue weighted by atomic mass is 16.6. The standard InChI is InChI=1S/C22H30N2O8/c1-11-12(2)18-14(13(3)17(11)28)5-6-21(4,32-18)20(30)24-15(8-25)19(29)23-7-16(27)22(9-26)10-31-22/h15,25-26,28H,5-10H2,1-4H3,(H,23,29)(H,24,30)/t15-,21?,22?/m0/s1. The Bertz CT molecular complexity index is 956. The molecule has 1 saturated heterocycles. The Labute approximate surface area is 185 Å². The number of carbonyl (C=O) groups excluding carboxylic acids is 3. The number of amides is 2.